The van der Waals surface area contributed by atoms with Gasteiger partial charge in [0.2, 0.25) is 0 Å². The number of methoxy groups -OCH3 is 1. The number of benzene rings is 2. The molecule has 0 saturated heterocycles. The molecule has 0 saturated carbocycles. The van der Waals surface area contributed by atoms with Gasteiger partial charge in [-0.15, -0.1) is 0 Å². The lowest BCUT2D eigenvalue weighted by Gasteiger charge is -2.12. The number of aromatic nitrogens is 2. The van der Waals surface area contributed by atoms with Gasteiger partial charge in [-0.2, -0.15) is 0 Å². The molecule has 0 unspecified atom stereocenters. The highest BCUT2D eigenvalue weighted by Crippen LogP contribution is 2.25. The zero-order valence-corrected chi connectivity index (χ0v) is 15.6. The van der Waals surface area contributed by atoms with Crippen LogP contribution in [0.5, 0.6) is 5.75 Å². The molecule has 0 aliphatic carbocycles. The molecule has 0 bridgehead atoms. The van der Waals surface area contributed by atoms with Crippen molar-refractivity contribution in [3.8, 4) is 11.4 Å². The number of H-pyrrole nitrogens is 1. The van der Waals surface area contributed by atoms with Crippen molar-refractivity contribution in [1.29, 1.82) is 0 Å². The van der Waals surface area contributed by atoms with E-state index in [1.165, 1.54) is 13.2 Å². The molecular weight excluding hydrogens is 389 g/mol. The van der Waals surface area contributed by atoms with Crippen molar-refractivity contribution in [2.45, 2.75) is 6.92 Å². The van der Waals surface area contributed by atoms with Gasteiger partial charge in [-0.3, -0.25) is 9.59 Å². The van der Waals surface area contributed by atoms with Gasteiger partial charge in [0, 0.05) is 6.20 Å². The van der Waals surface area contributed by atoms with Crippen LogP contribution in [0.1, 0.15) is 15.9 Å². The van der Waals surface area contributed by atoms with E-state index in [1.807, 2.05) is 6.92 Å². The molecule has 144 valence electrons. The zero-order valence-electron chi connectivity index (χ0n) is 14.9. The van der Waals surface area contributed by atoms with E-state index >= 15 is 0 Å². The number of anilines is 1. The first-order chi connectivity index (χ1) is 13.3. The largest absolute Gasteiger partial charge is 0.495 e. The third-order valence-electron chi connectivity index (χ3n) is 3.99. The lowest BCUT2D eigenvalue weighted by atomic mass is 10.2. The van der Waals surface area contributed by atoms with Crippen LogP contribution in [-0.4, -0.2) is 22.6 Å². The van der Waals surface area contributed by atoms with E-state index in [-0.39, 0.29) is 16.3 Å². The van der Waals surface area contributed by atoms with Gasteiger partial charge < -0.3 is 15.0 Å². The standard InChI is InChI=1S/C19H15ClFN3O4/c1-10-3-6-16(28-2)15(7-10)23-17(25)12-9-22-19(27)24(18(12)26)11-4-5-14(21)13(20)8-11/h3-9H,1-2H3,(H,22,27)(H,23,25). The van der Waals surface area contributed by atoms with Crippen LogP contribution in [0.3, 0.4) is 0 Å². The first-order valence-electron chi connectivity index (χ1n) is 8.08. The van der Waals surface area contributed by atoms with Gasteiger partial charge >= 0.3 is 5.69 Å². The molecule has 2 aromatic carbocycles. The van der Waals surface area contributed by atoms with Gasteiger partial charge in [-0.05, 0) is 42.8 Å². The Hall–Kier alpha value is -3.39. The molecule has 3 rings (SSSR count). The summed E-state index contributed by atoms with van der Waals surface area (Å²) in [7, 11) is 1.45. The highest BCUT2D eigenvalue weighted by Gasteiger charge is 2.18. The minimum atomic E-state index is -0.879. The summed E-state index contributed by atoms with van der Waals surface area (Å²) in [5.41, 5.74) is -0.720. The summed E-state index contributed by atoms with van der Waals surface area (Å²) >= 11 is 5.73. The summed E-state index contributed by atoms with van der Waals surface area (Å²) in [5.74, 6) is -1.03. The molecule has 28 heavy (non-hydrogen) atoms. The first-order valence-corrected chi connectivity index (χ1v) is 8.45. The van der Waals surface area contributed by atoms with Crippen LogP contribution in [0.25, 0.3) is 5.69 Å². The quantitative estimate of drug-likeness (QED) is 0.700. The van der Waals surface area contributed by atoms with E-state index in [4.69, 9.17) is 16.3 Å². The Kier molecular flexibility index (Phi) is 5.32. The predicted octanol–water partition coefficient (Wildman–Crippen LogP) is 2.89. The Labute approximate surface area is 163 Å². The predicted molar refractivity (Wildman–Crippen MR) is 103 cm³/mol. The van der Waals surface area contributed by atoms with Crippen LogP contribution in [-0.2, 0) is 0 Å². The van der Waals surface area contributed by atoms with Crippen molar-refractivity contribution in [2.24, 2.45) is 0 Å². The Morgan fingerprint density at radius 1 is 1.21 bits per heavy atom. The number of amides is 1. The second-order valence-corrected chi connectivity index (χ2v) is 6.31. The van der Waals surface area contributed by atoms with Gasteiger partial charge in [0.1, 0.15) is 17.1 Å². The molecule has 3 aromatic rings. The number of aryl methyl sites for hydroxylation is 1. The van der Waals surface area contributed by atoms with Crippen molar-refractivity contribution in [1.82, 2.24) is 9.55 Å². The van der Waals surface area contributed by atoms with E-state index in [1.54, 1.807) is 18.2 Å². The normalized spacial score (nSPS) is 10.6. The van der Waals surface area contributed by atoms with Gasteiger partial charge in [-0.1, -0.05) is 17.7 Å². The number of hydrogen-bond acceptors (Lipinski definition) is 4. The summed E-state index contributed by atoms with van der Waals surface area (Å²) in [6, 6.07) is 8.52. The van der Waals surface area contributed by atoms with Gasteiger partial charge in [-0.25, -0.2) is 13.8 Å². The number of carbonyl (C=O) groups is 1. The van der Waals surface area contributed by atoms with Crippen LogP contribution in [0.2, 0.25) is 5.02 Å². The minimum Gasteiger partial charge on any atom is -0.495 e. The molecule has 1 aromatic heterocycles. The number of rotatable bonds is 4. The molecule has 0 fully saturated rings. The van der Waals surface area contributed by atoms with Crippen LogP contribution in [0, 0.1) is 12.7 Å². The molecule has 2 N–H and O–H groups in total. The maximum atomic E-state index is 13.4. The fraction of sp³-hybridized carbons (Fsp3) is 0.105. The number of ether oxygens (including phenoxy) is 1. The fourth-order valence-corrected chi connectivity index (χ4v) is 2.78. The molecule has 1 heterocycles. The molecular formula is C19H15ClFN3O4. The molecule has 0 radical (unpaired) electrons. The van der Waals surface area contributed by atoms with Crippen molar-refractivity contribution < 1.29 is 13.9 Å². The average Bonchev–Trinajstić information content (AvgIpc) is 2.65. The molecule has 9 heteroatoms. The Bertz CT molecular complexity index is 1190. The summed E-state index contributed by atoms with van der Waals surface area (Å²) in [6.07, 6.45) is 1.02. The van der Waals surface area contributed by atoms with Crippen molar-refractivity contribution in [3.05, 3.63) is 85.4 Å². The number of aromatic amines is 1. The Balaban J connectivity index is 2.05. The summed E-state index contributed by atoms with van der Waals surface area (Å²) in [4.78, 5) is 39.9. The molecule has 7 nitrogen and oxygen atoms in total. The SMILES string of the molecule is COc1ccc(C)cc1NC(=O)c1c[nH]c(=O)n(-c2ccc(F)c(Cl)c2)c1=O. The van der Waals surface area contributed by atoms with Crippen LogP contribution >= 0.6 is 11.6 Å². The molecule has 0 aliphatic heterocycles. The lowest BCUT2D eigenvalue weighted by Crippen LogP contribution is -2.38. The van der Waals surface area contributed by atoms with Crippen molar-refractivity contribution in [3.63, 3.8) is 0 Å². The second kappa shape index (κ2) is 7.69. The third kappa shape index (κ3) is 3.67. The van der Waals surface area contributed by atoms with E-state index in [0.717, 1.165) is 23.9 Å². The van der Waals surface area contributed by atoms with Crippen LogP contribution in [0.4, 0.5) is 10.1 Å². The number of hydrogen-bond donors (Lipinski definition) is 2. The molecule has 0 atom stereocenters. The number of nitrogens with one attached hydrogen (secondary N) is 2. The van der Waals surface area contributed by atoms with Gasteiger partial charge in [0.25, 0.3) is 11.5 Å². The first kappa shape index (κ1) is 19.4. The summed E-state index contributed by atoms with van der Waals surface area (Å²) in [5, 5.41) is 2.33. The Morgan fingerprint density at radius 3 is 2.64 bits per heavy atom. The summed E-state index contributed by atoms with van der Waals surface area (Å²) in [6.45, 7) is 1.83. The molecule has 0 spiro atoms. The van der Waals surface area contributed by atoms with Gasteiger partial charge in [0.15, 0.2) is 0 Å². The smallest absolute Gasteiger partial charge is 0.333 e. The van der Waals surface area contributed by atoms with E-state index < -0.39 is 23.0 Å². The monoisotopic (exact) mass is 403 g/mol. The number of halogens is 2. The lowest BCUT2D eigenvalue weighted by molar-refractivity contribution is 0.102. The average molecular weight is 404 g/mol. The third-order valence-corrected chi connectivity index (χ3v) is 4.28. The Morgan fingerprint density at radius 2 is 1.96 bits per heavy atom. The van der Waals surface area contributed by atoms with Crippen LogP contribution < -0.4 is 21.3 Å². The van der Waals surface area contributed by atoms with E-state index in [0.29, 0.717) is 16.0 Å². The highest BCUT2D eigenvalue weighted by atomic mass is 35.5. The fourth-order valence-electron chi connectivity index (χ4n) is 2.60. The van der Waals surface area contributed by atoms with Crippen molar-refractivity contribution >= 4 is 23.2 Å². The minimum absolute atomic E-state index is 0.0282. The second-order valence-electron chi connectivity index (χ2n) is 5.90. The van der Waals surface area contributed by atoms with E-state index in [9.17, 15) is 18.8 Å². The van der Waals surface area contributed by atoms with Gasteiger partial charge in [0.05, 0.1) is 23.5 Å². The topological polar surface area (TPSA) is 93.2 Å². The highest BCUT2D eigenvalue weighted by molar-refractivity contribution is 6.30. The maximum absolute atomic E-state index is 13.4. The maximum Gasteiger partial charge on any atom is 0.333 e. The van der Waals surface area contributed by atoms with Crippen molar-refractivity contribution in [2.75, 3.05) is 12.4 Å². The number of nitrogens with zero attached hydrogens (tertiary/aromatic N) is 1. The zero-order chi connectivity index (χ0) is 20.4. The van der Waals surface area contributed by atoms with E-state index in [2.05, 4.69) is 10.3 Å². The van der Waals surface area contributed by atoms with Crippen LogP contribution in [0.15, 0.2) is 52.2 Å². The number of carbonyl (C=O) groups excluding carboxylic acids is 1. The molecule has 1 amide bonds. The summed E-state index contributed by atoms with van der Waals surface area (Å²) < 4.78 is 19.3. The molecule has 0 aliphatic rings.